The average Bonchev–Trinajstić information content (AvgIpc) is 3.08. The monoisotopic (exact) mass is 406 g/mol. The van der Waals surface area contributed by atoms with Crippen molar-refractivity contribution in [1.29, 1.82) is 0 Å². The Bertz CT molecular complexity index is 1350. The topological polar surface area (TPSA) is 87.6 Å². The van der Waals surface area contributed by atoms with Crippen LogP contribution in [0.5, 0.6) is 5.75 Å². The van der Waals surface area contributed by atoms with E-state index < -0.39 is 5.69 Å². The Kier molecular flexibility index (Phi) is 5.22. The predicted octanol–water partition coefficient (Wildman–Crippen LogP) is 2.50. The van der Waals surface area contributed by atoms with E-state index in [1.54, 1.807) is 48.5 Å². The molecule has 8 nitrogen and oxygen atoms in total. The van der Waals surface area contributed by atoms with Gasteiger partial charge >= 0.3 is 5.69 Å². The van der Waals surface area contributed by atoms with Gasteiger partial charge in [-0.25, -0.2) is 13.9 Å². The molecule has 2 aromatic carbocycles. The highest BCUT2D eigenvalue weighted by atomic mass is 16.5. The molecule has 0 fully saturated rings. The summed E-state index contributed by atoms with van der Waals surface area (Å²) in [4.78, 5) is 38.7. The van der Waals surface area contributed by atoms with E-state index >= 15 is 0 Å². The minimum atomic E-state index is -0.453. The van der Waals surface area contributed by atoms with E-state index in [1.165, 1.54) is 8.97 Å². The molecule has 0 amide bonds. The summed E-state index contributed by atoms with van der Waals surface area (Å²) in [7, 11) is 0. The quantitative estimate of drug-likeness (QED) is 0.440. The van der Waals surface area contributed by atoms with E-state index in [0.717, 1.165) is 4.68 Å². The highest BCUT2D eigenvalue weighted by Gasteiger charge is 2.18. The van der Waals surface area contributed by atoms with Crippen LogP contribution in [0.25, 0.3) is 16.7 Å². The molecule has 4 rings (SSSR count). The summed E-state index contributed by atoms with van der Waals surface area (Å²) in [6, 6.07) is 13.7. The molecule has 0 saturated carbocycles. The Morgan fingerprint density at radius 2 is 1.77 bits per heavy atom. The molecule has 0 aliphatic rings. The summed E-state index contributed by atoms with van der Waals surface area (Å²) in [5.41, 5.74) is 0.285. The lowest BCUT2D eigenvalue weighted by Crippen LogP contribution is -2.27. The van der Waals surface area contributed by atoms with E-state index in [0.29, 0.717) is 41.8 Å². The molecule has 0 atom stereocenters. The number of aromatic nitrogens is 4. The molecule has 0 aliphatic carbocycles. The number of para-hydroxylation sites is 1. The van der Waals surface area contributed by atoms with Crippen molar-refractivity contribution in [1.82, 2.24) is 18.7 Å². The minimum Gasteiger partial charge on any atom is -0.494 e. The molecule has 30 heavy (non-hydrogen) atoms. The van der Waals surface area contributed by atoms with Crippen LogP contribution < -0.4 is 16.0 Å². The Balaban J connectivity index is 1.80. The van der Waals surface area contributed by atoms with Gasteiger partial charge in [0.15, 0.2) is 5.78 Å². The summed E-state index contributed by atoms with van der Waals surface area (Å²) in [5, 5.41) is 4.78. The number of benzene rings is 2. The summed E-state index contributed by atoms with van der Waals surface area (Å²) in [5.74, 6) is 0.663. The lowest BCUT2D eigenvalue weighted by atomic mass is 10.1. The Morgan fingerprint density at radius 1 is 1.03 bits per heavy atom. The van der Waals surface area contributed by atoms with Crippen LogP contribution in [-0.4, -0.2) is 31.1 Å². The zero-order valence-electron chi connectivity index (χ0n) is 16.9. The SMILES string of the molecule is CCCn1c(=O)c2ccccc2n2c(=O)n(CC(=O)c3ccc(OCC)cc3)nc12. The summed E-state index contributed by atoms with van der Waals surface area (Å²) in [6.45, 7) is 4.58. The zero-order chi connectivity index (χ0) is 21.3. The van der Waals surface area contributed by atoms with E-state index in [2.05, 4.69) is 5.10 Å². The van der Waals surface area contributed by atoms with E-state index in [-0.39, 0.29) is 23.7 Å². The number of Topliss-reactive ketones (excluding diaryl/α,β-unsaturated/α-hetero) is 1. The largest absolute Gasteiger partial charge is 0.494 e. The molecular weight excluding hydrogens is 384 g/mol. The molecule has 2 heterocycles. The third-order valence-corrected chi connectivity index (χ3v) is 4.91. The van der Waals surface area contributed by atoms with Crippen molar-refractivity contribution in [3.8, 4) is 5.75 Å². The van der Waals surface area contributed by atoms with Gasteiger partial charge in [-0.2, -0.15) is 0 Å². The van der Waals surface area contributed by atoms with E-state index in [4.69, 9.17) is 4.74 Å². The van der Waals surface area contributed by atoms with Gasteiger partial charge in [-0.05, 0) is 49.7 Å². The second-order valence-electron chi connectivity index (χ2n) is 6.93. The summed E-state index contributed by atoms with van der Waals surface area (Å²) in [6.07, 6.45) is 0.708. The minimum absolute atomic E-state index is 0.199. The van der Waals surface area contributed by atoms with Crippen LogP contribution in [0.2, 0.25) is 0 Å². The Labute approximate surface area is 171 Å². The van der Waals surface area contributed by atoms with Gasteiger partial charge in [-0.3, -0.25) is 14.2 Å². The van der Waals surface area contributed by atoms with Crippen molar-refractivity contribution < 1.29 is 9.53 Å². The molecule has 2 aromatic heterocycles. The third-order valence-electron chi connectivity index (χ3n) is 4.91. The van der Waals surface area contributed by atoms with Crippen LogP contribution in [0.1, 0.15) is 30.6 Å². The maximum absolute atomic E-state index is 13.1. The number of fused-ring (bicyclic) bond motifs is 3. The first kappa shape index (κ1) is 19.6. The van der Waals surface area contributed by atoms with Gasteiger partial charge in [-0.1, -0.05) is 19.1 Å². The maximum Gasteiger partial charge on any atom is 0.352 e. The predicted molar refractivity (Wildman–Crippen MR) is 113 cm³/mol. The maximum atomic E-state index is 13.1. The van der Waals surface area contributed by atoms with Gasteiger partial charge in [0.1, 0.15) is 12.3 Å². The normalized spacial score (nSPS) is 11.3. The highest BCUT2D eigenvalue weighted by Crippen LogP contribution is 2.14. The Hall–Kier alpha value is -3.68. The van der Waals surface area contributed by atoms with Crippen molar-refractivity contribution in [2.45, 2.75) is 33.4 Å². The second kappa shape index (κ2) is 7.98. The number of aryl methyl sites for hydroxylation is 1. The fourth-order valence-corrected chi connectivity index (χ4v) is 3.53. The number of hydrogen-bond acceptors (Lipinski definition) is 5. The fourth-order valence-electron chi connectivity index (χ4n) is 3.53. The number of carbonyl (C=O) groups excluding carboxylic acids is 1. The van der Waals surface area contributed by atoms with Crippen LogP contribution in [0, 0.1) is 0 Å². The van der Waals surface area contributed by atoms with E-state index in [1.807, 2.05) is 13.8 Å². The molecule has 0 N–H and O–H groups in total. The highest BCUT2D eigenvalue weighted by molar-refractivity contribution is 5.96. The van der Waals surface area contributed by atoms with Crippen molar-refractivity contribution in [2.24, 2.45) is 0 Å². The number of ketones is 1. The standard InChI is InChI=1S/C22H22N4O4/c1-3-13-24-20(28)17-7-5-6-8-18(17)26-21(24)23-25(22(26)29)14-19(27)15-9-11-16(12-10-15)30-4-2/h5-12H,3-4,13-14H2,1-2H3. The van der Waals surface area contributed by atoms with Gasteiger partial charge in [0.25, 0.3) is 5.56 Å². The number of carbonyl (C=O) groups is 1. The van der Waals surface area contributed by atoms with Crippen molar-refractivity contribution in [2.75, 3.05) is 6.61 Å². The number of ether oxygens (including phenoxy) is 1. The second-order valence-corrected chi connectivity index (χ2v) is 6.93. The van der Waals surface area contributed by atoms with Gasteiger partial charge in [0.2, 0.25) is 5.78 Å². The number of hydrogen-bond donors (Lipinski definition) is 0. The molecule has 154 valence electrons. The average molecular weight is 406 g/mol. The van der Waals surface area contributed by atoms with Gasteiger partial charge in [0, 0.05) is 12.1 Å². The summed E-state index contributed by atoms with van der Waals surface area (Å²) >= 11 is 0. The molecule has 4 aromatic rings. The van der Waals surface area contributed by atoms with Crippen LogP contribution >= 0.6 is 0 Å². The smallest absolute Gasteiger partial charge is 0.352 e. The molecule has 0 radical (unpaired) electrons. The van der Waals surface area contributed by atoms with Crippen LogP contribution in [0.3, 0.4) is 0 Å². The van der Waals surface area contributed by atoms with Gasteiger partial charge < -0.3 is 4.74 Å². The molecule has 0 spiro atoms. The molecule has 0 bridgehead atoms. The summed E-state index contributed by atoms with van der Waals surface area (Å²) < 4.78 is 9.40. The first-order valence-electron chi connectivity index (χ1n) is 9.92. The zero-order valence-corrected chi connectivity index (χ0v) is 16.9. The first-order valence-corrected chi connectivity index (χ1v) is 9.92. The number of rotatable bonds is 7. The first-order chi connectivity index (χ1) is 14.5. The van der Waals surface area contributed by atoms with E-state index in [9.17, 15) is 14.4 Å². The number of nitrogens with zero attached hydrogens (tertiary/aromatic N) is 4. The van der Waals surface area contributed by atoms with Crippen molar-refractivity contribution in [3.63, 3.8) is 0 Å². The lowest BCUT2D eigenvalue weighted by molar-refractivity contribution is 0.0966. The fraction of sp³-hybridized carbons (Fsp3) is 0.273. The molecule has 8 heteroatoms. The molecule has 0 aliphatic heterocycles. The third kappa shape index (κ3) is 3.30. The van der Waals surface area contributed by atoms with Crippen molar-refractivity contribution >= 4 is 22.5 Å². The van der Waals surface area contributed by atoms with Crippen molar-refractivity contribution in [3.05, 3.63) is 74.9 Å². The molecule has 0 saturated heterocycles. The van der Waals surface area contributed by atoms with Crippen LogP contribution in [0.4, 0.5) is 0 Å². The van der Waals surface area contributed by atoms with Crippen LogP contribution in [0.15, 0.2) is 58.1 Å². The van der Waals surface area contributed by atoms with Gasteiger partial charge in [-0.15, -0.1) is 5.10 Å². The van der Waals surface area contributed by atoms with Gasteiger partial charge in [0.05, 0.1) is 17.5 Å². The molecule has 0 unspecified atom stereocenters. The lowest BCUT2D eigenvalue weighted by Gasteiger charge is -2.07. The van der Waals surface area contributed by atoms with Crippen LogP contribution in [-0.2, 0) is 13.1 Å². The molecular formula is C22H22N4O4. The Morgan fingerprint density at radius 3 is 2.47 bits per heavy atom.